The van der Waals surface area contributed by atoms with Gasteiger partial charge in [-0.25, -0.2) is 13.2 Å². The topological polar surface area (TPSA) is 91.8 Å². The zero-order valence-electron chi connectivity index (χ0n) is 10.3. The number of hydrogen-bond acceptors (Lipinski definition) is 4. The number of rotatable bonds is 1. The second-order valence-corrected chi connectivity index (χ2v) is 7.04. The molecule has 0 unspecified atom stereocenters. The van der Waals surface area contributed by atoms with Crippen molar-refractivity contribution in [2.24, 2.45) is 0 Å². The molecule has 0 aliphatic carbocycles. The van der Waals surface area contributed by atoms with Crippen molar-refractivity contribution in [3.8, 4) is 0 Å². The molecule has 0 bridgehead atoms. The van der Waals surface area contributed by atoms with Gasteiger partial charge in [0.05, 0.1) is 11.2 Å². The third-order valence-corrected chi connectivity index (χ3v) is 6.01. The van der Waals surface area contributed by atoms with Crippen molar-refractivity contribution in [3.05, 3.63) is 0 Å². The summed E-state index contributed by atoms with van der Waals surface area (Å²) in [6, 6.07) is -1.26. The van der Waals surface area contributed by atoms with Crippen LogP contribution in [0.25, 0.3) is 0 Å². The van der Waals surface area contributed by atoms with Gasteiger partial charge in [-0.3, -0.25) is 4.79 Å². The fourth-order valence-electron chi connectivity index (χ4n) is 2.23. The zero-order valence-corrected chi connectivity index (χ0v) is 12.1. The quantitative estimate of drug-likeness (QED) is 0.386. The normalized spacial score (nSPS) is 33.6. The molecule has 1 N–H and O–H groups in total. The Bertz CT molecular complexity index is 463. The van der Waals surface area contributed by atoms with Crippen molar-refractivity contribution in [2.75, 3.05) is 0 Å². The molecule has 2 fully saturated rings. The molecule has 0 aromatic heterocycles. The number of hydrogen-bond donors (Lipinski definition) is 1. The average Bonchev–Trinajstić information content (AvgIpc) is 2.19. The van der Waals surface area contributed by atoms with E-state index in [4.69, 9.17) is 5.11 Å². The van der Waals surface area contributed by atoms with E-state index in [9.17, 15) is 18.0 Å². The second kappa shape index (κ2) is 3.69. The summed E-state index contributed by atoms with van der Waals surface area (Å²) in [5, 5.41) is 8.03. The minimum Gasteiger partial charge on any atom is -1.00 e. The van der Waals surface area contributed by atoms with E-state index in [0.29, 0.717) is 0 Å². The summed E-state index contributed by atoms with van der Waals surface area (Å²) in [7, 11) is -3.57. The Labute approximate surface area is 117 Å². The number of carbonyl (C=O) groups is 2. The summed E-state index contributed by atoms with van der Waals surface area (Å²) in [4.78, 5) is 23.2. The standard InChI is InChI=1S/C8H11NO5S.Na.H/c1-8(2)6(7(11)12)9-4(10)3-5(9)15(8,13)14;;/h5-6H,3H2,1-2H3,(H,11,12);;/q;+1;-1/t5-,6+;;/m1../s1. The molecule has 0 radical (unpaired) electrons. The predicted octanol–water partition coefficient (Wildman–Crippen LogP) is -3.68. The Morgan fingerprint density at radius 2 is 2.06 bits per heavy atom. The Balaban J connectivity index is 0.00000128. The van der Waals surface area contributed by atoms with Gasteiger partial charge in [-0.15, -0.1) is 0 Å². The first-order valence-electron chi connectivity index (χ1n) is 4.48. The van der Waals surface area contributed by atoms with Crippen LogP contribution in [0.2, 0.25) is 0 Å². The van der Waals surface area contributed by atoms with E-state index in [2.05, 4.69) is 0 Å². The summed E-state index contributed by atoms with van der Waals surface area (Å²) >= 11 is 0. The number of aliphatic carboxylic acids is 1. The maximum absolute atomic E-state index is 11.9. The van der Waals surface area contributed by atoms with Crippen LogP contribution >= 0.6 is 0 Å². The fourth-order valence-corrected chi connectivity index (χ4v) is 4.36. The van der Waals surface area contributed by atoms with E-state index in [0.717, 1.165) is 4.90 Å². The van der Waals surface area contributed by atoms with Crippen molar-refractivity contribution in [3.63, 3.8) is 0 Å². The number of carboxylic acids is 1. The van der Waals surface area contributed by atoms with E-state index >= 15 is 0 Å². The number of carboxylic acid groups (broad SMARTS) is 1. The van der Waals surface area contributed by atoms with Gasteiger partial charge in [-0.1, -0.05) is 0 Å². The minimum atomic E-state index is -3.57. The maximum atomic E-state index is 11.9. The van der Waals surface area contributed by atoms with Gasteiger partial charge < -0.3 is 11.4 Å². The van der Waals surface area contributed by atoms with Crippen LogP contribution in [-0.4, -0.2) is 46.5 Å². The van der Waals surface area contributed by atoms with Crippen LogP contribution in [0.1, 0.15) is 21.7 Å². The van der Waals surface area contributed by atoms with Gasteiger partial charge in [0.15, 0.2) is 9.84 Å². The maximum Gasteiger partial charge on any atom is 1.00 e. The fraction of sp³-hybridized carbons (Fsp3) is 0.750. The molecule has 2 rings (SSSR count). The van der Waals surface area contributed by atoms with Crippen LogP contribution in [0.3, 0.4) is 0 Å². The molecule has 1 amide bonds. The van der Waals surface area contributed by atoms with Gasteiger partial charge in [0.2, 0.25) is 5.91 Å². The molecule has 6 nitrogen and oxygen atoms in total. The number of amides is 1. The van der Waals surface area contributed by atoms with Gasteiger partial charge in [0.25, 0.3) is 0 Å². The van der Waals surface area contributed by atoms with Gasteiger partial charge >= 0.3 is 35.5 Å². The monoisotopic (exact) mass is 257 g/mol. The molecule has 2 heterocycles. The number of nitrogens with zero attached hydrogens (tertiary/aromatic N) is 1. The molecule has 2 aliphatic rings. The first-order chi connectivity index (χ1) is 6.71. The van der Waals surface area contributed by atoms with Crippen molar-refractivity contribution in [1.82, 2.24) is 4.90 Å². The van der Waals surface area contributed by atoms with Crippen molar-refractivity contribution >= 4 is 21.7 Å². The van der Waals surface area contributed by atoms with E-state index < -0.39 is 37.9 Å². The molecule has 0 aromatic carbocycles. The molecular weight excluding hydrogens is 245 g/mol. The molecule has 2 atom stereocenters. The Kier molecular flexibility index (Phi) is 3.22. The third kappa shape index (κ3) is 1.38. The van der Waals surface area contributed by atoms with Crippen molar-refractivity contribution in [2.45, 2.75) is 36.4 Å². The molecule has 0 aromatic rings. The van der Waals surface area contributed by atoms with E-state index in [1.807, 2.05) is 0 Å². The zero-order chi connectivity index (χ0) is 11.6. The molecule has 2 saturated heterocycles. The largest absolute Gasteiger partial charge is 1.00 e. The first kappa shape index (κ1) is 14.0. The van der Waals surface area contributed by atoms with Crippen LogP contribution in [0.5, 0.6) is 0 Å². The molecule has 2 aliphatic heterocycles. The van der Waals surface area contributed by atoms with E-state index in [1.54, 1.807) is 0 Å². The van der Waals surface area contributed by atoms with Crippen LogP contribution < -0.4 is 29.6 Å². The Hall–Kier alpha value is -0.110. The smallest absolute Gasteiger partial charge is 1.00 e. The molecular formula is C8H12NNaO5S. The van der Waals surface area contributed by atoms with Gasteiger partial charge in [-0.05, 0) is 13.8 Å². The SMILES string of the molecule is CC1(C)[C@H](C(=O)O)N2C(=O)C[C@H]2S1(=O)=O.[H-].[Na+]. The van der Waals surface area contributed by atoms with E-state index in [1.165, 1.54) is 13.8 Å². The molecule has 0 spiro atoms. The van der Waals surface area contributed by atoms with Gasteiger partial charge in [-0.2, -0.15) is 0 Å². The molecule has 0 saturated carbocycles. The second-order valence-electron chi connectivity index (χ2n) is 4.35. The summed E-state index contributed by atoms with van der Waals surface area (Å²) in [6.45, 7) is 2.71. The third-order valence-electron chi connectivity index (χ3n) is 3.21. The average molecular weight is 257 g/mol. The minimum absolute atomic E-state index is 0. The van der Waals surface area contributed by atoms with Crippen molar-refractivity contribution in [1.29, 1.82) is 0 Å². The van der Waals surface area contributed by atoms with Gasteiger partial charge in [0.1, 0.15) is 11.4 Å². The van der Waals surface area contributed by atoms with Crippen LogP contribution in [0.4, 0.5) is 0 Å². The summed E-state index contributed by atoms with van der Waals surface area (Å²) in [5.41, 5.74) is 0. The van der Waals surface area contributed by atoms with Crippen molar-refractivity contribution < 1.29 is 54.1 Å². The number of sulfone groups is 1. The van der Waals surface area contributed by atoms with Gasteiger partial charge in [0, 0.05) is 0 Å². The summed E-state index contributed by atoms with van der Waals surface area (Å²) in [5.74, 6) is -1.67. The first-order valence-corrected chi connectivity index (χ1v) is 6.03. The Morgan fingerprint density at radius 3 is 2.38 bits per heavy atom. The number of carbonyl (C=O) groups excluding carboxylic acids is 1. The predicted molar refractivity (Wildman–Crippen MR) is 50.8 cm³/mol. The molecule has 16 heavy (non-hydrogen) atoms. The number of fused-ring (bicyclic) bond motifs is 1. The number of β-lactam (4-membered cyclic amide) rings is 1. The van der Waals surface area contributed by atoms with Crippen LogP contribution in [0.15, 0.2) is 0 Å². The van der Waals surface area contributed by atoms with Crippen LogP contribution in [0, 0.1) is 0 Å². The Morgan fingerprint density at radius 1 is 1.56 bits per heavy atom. The summed E-state index contributed by atoms with van der Waals surface area (Å²) < 4.78 is 22.4. The molecule has 86 valence electrons. The van der Waals surface area contributed by atoms with Crippen LogP contribution in [-0.2, 0) is 19.4 Å². The molecule has 8 heteroatoms. The summed E-state index contributed by atoms with van der Waals surface area (Å²) in [6.07, 6.45) is -0.0878. The van der Waals surface area contributed by atoms with E-state index in [-0.39, 0.29) is 37.4 Å².